The molecular weight excluding hydrogens is 530 g/mol. The predicted octanol–water partition coefficient (Wildman–Crippen LogP) is 4.76. The van der Waals surface area contributed by atoms with Gasteiger partial charge in [-0.2, -0.15) is 4.98 Å². The first-order valence-electron chi connectivity index (χ1n) is 13.7. The monoisotopic (exact) mass is 566 g/mol. The topological polar surface area (TPSA) is 118 Å². The first-order chi connectivity index (χ1) is 19.3. The quantitative estimate of drug-likeness (QED) is 0.322. The number of hydrogen-bond acceptors (Lipinski definition) is 6. The molecule has 2 atom stereocenters. The third kappa shape index (κ3) is 6.61. The van der Waals surface area contributed by atoms with E-state index in [2.05, 4.69) is 32.5 Å². The lowest BCUT2D eigenvalue weighted by molar-refractivity contribution is -0.130. The van der Waals surface area contributed by atoms with Crippen molar-refractivity contribution in [3.05, 3.63) is 76.7 Å². The summed E-state index contributed by atoms with van der Waals surface area (Å²) < 4.78 is 29.9. The van der Waals surface area contributed by atoms with Gasteiger partial charge in [0.25, 0.3) is 5.56 Å². The summed E-state index contributed by atoms with van der Waals surface area (Å²) in [5, 5.41) is 9.50. The van der Waals surface area contributed by atoms with Gasteiger partial charge in [-0.3, -0.25) is 19.0 Å². The maximum Gasteiger partial charge on any atom is 0.252 e. The average Bonchev–Trinajstić information content (AvgIpc) is 2.93. The van der Waals surface area contributed by atoms with E-state index in [1.165, 1.54) is 13.0 Å². The highest BCUT2D eigenvalue weighted by Crippen LogP contribution is 2.44. The third-order valence-corrected chi connectivity index (χ3v) is 7.63. The zero-order valence-electron chi connectivity index (χ0n) is 23.7. The summed E-state index contributed by atoms with van der Waals surface area (Å²) in [6.45, 7) is 10.7. The lowest BCUT2D eigenvalue weighted by atomic mass is 9.74. The molecule has 1 fully saturated rings. The molecule has 0 unspecified atom stereocenters. The fourth-order valence-corrected chi connectivity index (χ4v) is 5.19. The van der Waals surface area contributed by atoms with Crippen LogP contribution in [0, 0.1) is 0 Å². The first-order valence-corrected chi connectivity index (χ1v) is 13.7. The van der Waals surface area contributed by atoms with Crippen molar-refractivity contribution in [2.45, 2.75) is 83.0 Å². The number of alkyl halides is 2. The van der Waals surface area contributed by atoms with Gasteiger partial charge in [-0.1, -0.05) is 30.8 Å². The van der Waals surface area contributed by atoms with Crippen molar-refractivity contribution in [3.8, 4) is 0 Å². The molecule has 0 saturated heterocycles. The Balaban J connectivity index is 1.56. The van der Waals surface area contributed by atoms with E-state index in [-0.39, 0.29) is 43.3 Å². The van der Waals surface area contributed by atoms with Crippen LogP contribution in [-0.4, -0.2) is 38.3 Å². The lowest BCUT2D eigenvalue weighted by Crippen LogP contribution is -2.55. The highest BCUT2D eigenvalue weighted by Gasteiger charge is 2.45. The Kier molecular flexibility index (Phi) is 8.55. The Morgan fingerprint density at radius 3 is 2.29 bits per heavy atom. The summed E-state index contributed by atoms with van der Waals surface area (Å²) in [4.78, 5) is 46.1. The van der Waals surface area contributed by atoms with Crippen molar-refractivity contribution < 1.29 is 18.4 Å². The first kappa shape index (κ1) is 29.8. The summed E-state index contributed by atoms with van der Waals surface area (Å²) in [6.07, 6.45) is 2.14. The molecule has 2 amide bonds. The van der Waals surface area contributed by atoms with Crippen LogP contribution in [0.1, 0.15) is 76.6 Å². The number of rotatable bonds is 9. The Morgan fingerprint density at radius 1 is 1.02 bits per heavy atom. The summed E-state index contributed by atoms with van der Waals surface area (Å²) in [7, 11) is 0. The molecule has 41 heavy (non-hydrogen) atoms. The number of nitrogens with zero attached hydrogens (tertiary/aromatic N) is 3. The van der Waals surface area contributed by atoms with Crippen LogP contribution in [0.5, 0.6) is 0 Å². The summed E-state index contributed by atoms with van der Waals surface area (Å²) >= 11 is 0. The van der Waals surface area contributed by atoms with Gasteiger partial charge >= 0.3 is 0 Å². The van der Waals surface area contributed by atoms with E-state index in [4.69, 9.17) is 0 Å². The van der Waals surface area contributed by atoms with Crippen LogP contribution in [0.3, 0.4) is 0 Å². The van der Waals surface area contributed by atoms with Gasteiger partial charge in [-0.25, -0.2) is 13.8 Å². The van der Waals surface area contributed by atoms with Crippen LogP contribution in [0.2, 0.25) is 0 Å². The molecule has 1 saturated carbocycles. The molecule has 218 valence electrons. The molecule has 2 aromatic heterocycles. The van der Waals surface area contributed by atoms with E-state index in [0.717, 1.165) is 17.0 Å². The van der Waals surface area contributed by atoms with Gasteiger partial charge in [0.15, 0.2) is 0 Å². The number of halogens is 2. The number of amides is 2. The zero-order valence-corrected chi connectivity index (χ0v) is 23.7. The number of fused-ring (bicyclic) bond motifs is 1. The summed E-state index contributed by atoms with van der Waals surface area (Å²) in [5.41, 5.74) is 1.00. The second kappa shape index (κ2) is 11.8. The van der Waals surface area contributed by atoms with Crippen LogP contribution in [0.15, 0.2) is 60.0 Å². The molecule has 3 aromatic rings. The van der Waals surface area contributed by atoms with Crippen LogP contribution in [0.4, 0.5) is 14.7 Å². The minimum Gasteiger partial charge on any atom is -0.348 e. The molecule has 0 bridgehead atoms. The standard InChI is InChI=1S/C30H36F2N6O3/c1-6-24(39)34-20(5)27(41)37-29(13-15-30(31,32)16-14-29)23-10-7-21(8-11-23)19(4)35-28-33-17-22-9-12-25(40)38(18(2)3)26(22)36-28/h6-12,17-20H,1,13-16H2,2-5H3,(H,34,39)(H,37,41)(H,33,35,36)/t19-,20-/m0/s1. The molecule has 0 radical (unpaired) electrons. The molecule has 1 aliphatic carbocycles. The smallest absolute Gasteiger partial charge is 0.252 e. The summed E-state index contributed by atoms with van der Waals surface area (Å²) in [5.74, 6) is -3.39. The van der Waals surface area contributed by atoms with Gasteiger partial charge < -0.3 is 16.0 Å². The van der Waals surface area contributed by atoms with E-state index >= 15 is 0 Å². The van der Waals surface area contributed by atoms with Gasteiger partial charge in [0, 0.05) is 36.5 Å². The Bertz CT molecular complexity index is 1490. The fraction of sp³-hybridized carbons (Fsp3) is 0.433. The maximum atomic E-state index is 14.1. The number of benzene rings is 1. The molecule has 0 aliphatic heterocycles. The van der Waals surface area contributed by atoms with Crippen LogP contribution in [-0.2, 0) is 15.1 Å². The highest BCUT2D eigenvalue weighted by molar-refractivity contribution is 5.92. The van der Waals surface area contributed by atoms with Crippen molar-refractivity contribution >= 4 is 28.8 Å². The van der Waals surface area contributed by atoms with Crippen LogP contribution >= 0.6 is 0 Å². The Morgan fingerprint density at radius 2 is 1.68 bits per heavy atom. The van der Waals surface area contributed by atoms with Gasteiger partial charge in [0.1, 0.15) is 11.7 Å². The maximum absolute atomic E-state index is 14.1. The molecular formula is C30H36F2N6O3. The zero-order chi connectivity index (χ0) is 29.9. The molecule has 1 aliphatic rings. The average molecular weight is 567 g/mol. The van der Waals surface area contributed by atoms with Gasteiger partial charge in [-0.05, 0) is 63.8 Å². The second-order valence-corrected chi connectivity index (χ2v) is 11.0. The lowest BCUT2D eigenvalue weighted by Gasteiger charge is -2.42. The van der Waals surface area contributed by atoms with E-state index in [0.29, 0.717) is 17.2 Å². The number of anilines is 1. The number of aromatic nitrogens is 3. The Hall–Kier alpha value is -4.15. The van der Waals surface area contributed by atoms with Crippen LogP contribution < -0.4 is 21.5 Å². The van der Waals surface area contributed by atoms with Crippen LogP contribution in [0.25, 0.3) is 11.0 Å². The number of nitrogens with one attached hydrogen (secondary N) is 3. The Labute approximate surface area is 237 Å². The van der Waals surface area contributed by atoms with Gasteiger partial charge in [-0.15, -0.1) is 0 Å². The molecule has 0 spiro atoms. The van der Waals surface area contributed by atoms with Crippen molar-refractivity contribution in [1.29, 1.82) is 0 Å². The minimum atomic E-state index is -2.80. The largest absolute Gasteiger partial charge is 0.348 e. The molecule has 3 N–H and O–H groups in total. The molecule has 9 nitrogen and oxygen atoms in total. The normalized spacial score (nSPS) is 17.4. The number of carbonyl (C=O) groups excluding carboxylic acids is 2. The van der Waals surface area contributed by atoms with E-state index < -0.39 is 29.3 Å². The molecule has 4 rings (SSSR count). The number of carbonyl (C=O) groups is 2. The second-order valence-electron chi connectivity index (χ2n) is 11.0. The van der Waals surface area contributed by atoms with E-state index in [1.54, 1.807) is 16.8 Å². The number of pyridine rings is 1. The third-order valence-electron chi connectivity index (χ3n) is 7.63. The number of hydrogen-bond donors (Lipinski definition) is 3. The fourth-order valence-electron chi connectivity index (χ4n) is 5.19. The van der Waals surface area contributed by atoms with Crippen molar-refractivity contribution in [2.75, 3.05) is 5.32 Å². The molecule has 2 heterocycles. The molecule has 1 aromatic carbocycles. The SMILES string of the molecule is C=CC(=O)N[C@@H](C)C(=O)NC1(c2ccc([C@H](C)Nc3ncc4ccc(=O)n(C(C)C)c4n3)cc2)CCC(F)(F)CC1. The highest BCUT2D eigenvalue weighted by atomic mass is 19.3. The van der Waals surface area contributed by atoms with Gasteiger partial charge in [0.05, 0.1) is 11.6 Å². The van der Waals surface area contributed by atoms with Crippen molar-refractivity contribution in [3.63, 3.8) is 0 Å². The van der Waals surface area contributed by atoms with Crippen molar-refractivity contribution in [1.82, 2.24) is 25.2 Å². The van der Waals surface area contributed by atoms with E-state index in [1.807, 2.05) is 45.0 Å². The van der Waals surface area contributed by atoms with Crippen molar-refractivity contribution in [2.24, 2.45) is 0 Å². The van der Waals surface area contributed by atoms with E-state index in [9.17, 15) is 23.2 Å². The van der Waals surface area contributed by atoms with Gasteiger partial charge in [0.2, 0.25) is 23.7 Å². The predicted molar refractivity (Wildman–Crippen MR) is 154 cm³/mol. The molecule has 11 heteroatoms. The summed E-state index contributed by atoms with van der Waals surface area (Å²) in [6, 6.07) is 9.47. The minimum absolute atomic E-state index is 0.0590.